The van der Waals surface area contributed by atoms with Crippen LogP contribution in [0.3, 0.4) is 0 Å². The molecule has 0 saturated heterocycles. The van der Waals surface area contributed by atoms with Gasteiger partial charge in [-0.15, -0.1) is 11.3 Å². The molecule has 0 amide bonds. The first-order valence-electron chi connectivity index (χ1n) is 5.72. The van der Waals surface area contributed by atoms with E-state index in [1.165, 1.54) is 23.5 Å². The van der Waals surface area contributed by atoms with Crippen molar-refractivity contribution in [2.75, 3.05) is 0 Å². The second-order valence-electron chi connectivity index (χ2n) is 4.02. The van der Waals surface area contributed by atoms with Crippen molar-refractivity contribution in [3.05, 3.63) is 64.9 Å². The average Bonchev–Trinajstić information content (AvgIpc) is 2.82. The van der Waals surface area contributed by atoms with Gasteiger partial charge in [0.25, 0.3) is 0 Å². The lowest BCUT2D eigenvalue weighted by Gasteiger charge is -2.02. The highest BCUT2D eigenvalue weighted by Gasteiger charge is 2.14. The van der Waals surface area contributed by atoms with Crippen LogP contribution in [0.15, 0.2) is 54.6 Å². The van der Waals surface area contributed by atoms with E-state index in [-0.39, 0.29) is 5.82 Å². The molecule has 2 aromatic carbocycles. The van der Waals surface area contributed by atoms with Gasteiger partial charge < -0.3 is 0 Å². The fraction of sp³-hybridized carbons (Fsp3) is 0. The van der Waals surface area contributed by atoms with Gasteiger partial charge in [-0.1, -0.05) is 54.1 Å². The fourth-order valence-electron chi connectivity index (χ4n) is 1.91. The number of hydrogen-bond donors (Lipinski definition) is 0. The van der Waals surface area contributed by atoms with Crippen molar-refractivity contribution in [1.29, 1.82) is 0 Å². The third-order valence-electron chi connectivity index (χ3n) is 2.74. The lowest BCUT2D eigenvalue weighted by atomic mass is 10.1. The Morgan fingerprint density at radius 3 is 2.42 bits per heavy atom. The number of thiazole rings is 1. The molecular formula is C15H9ClFNS. The zero-order valence-corrected chi connectivity index (χ0v) is 11.4. The van der Waals surface area contributed by atoms with Crippen LogP contribution in [-0.4, -0.2) is 4.98 Å². The van der Waals surface area contributed by atoms with Crippen LogP contribution >= 0.6 is 22.9 Å². The minimum atomic E-state index is -0.277. The first-order valence-corrected chi connectivity index (χ1v) is 6.91. The monoisotopic (exact) mass is 289 g/mol. The van der Waals surface area contributed by atoms with Crippen molar-refractivity contribution >= 4 is 22.9 Å². The van der Waals surface area contributed by atoms with Crippen molar-refractivity contribution in [2.45, 2.75) is 0 Å². The molecule has 1 heterocycles. The highest BCUT2D eigenvalue weighted by Crippen LogP contribution is 2.38. The summed E-state index contributed by atoms with van der Waals surface area (Å²) in [5.74, 6) is -0.277. The van der Waals surface area contributed by atoms with Gasteiger partial charge >= 0.3 is 0 Å². The maximum Gasteiger partial charge on any atom is 0.184 e. The van der Waals surface area contributed by atoms with Gasteiger partial charge in [0.15, 0.2) is 4.47 Å². The van der Waals surface area contributed by atoms with Gasteiger partial charge in [0.05, 0.1) is 10.6 Å². The second kappa shape index (κ2) is 5.11. The van der Waals surface area contributed by atoms with E-state index in [9.17, 15) is 4.39 Å². The summed E-state index contributed by atoms with van der Waals surface area (Å²) in [4.78, 5) is 5.27. The number of halogens is 2. The van der Waals surface area contributed by atoms with Crippen LogP contribution in [0.4, 0.5) is 4.39 Å². The Morgan fingerprint density at radius 1 is 0.947 bits per heavy atom. The topological polar surface area (TPSA) is 12.9 Å². The van der Waals surface area contributed by atoms with Crippen LogP contribution in [0.1, 0.15) is 0 Å². The predicted octanol–water partition coefficient (Wildman–Crippen LogP) is 5.27. The van der Waals surface area contributed by atoms with Crippen molar-refractivity contribution in [1.82, 2.24) is 4.98 Å². The van der Waals surface area contributed by atoms with Crippen LogP contribution < -0.4 is 0 Å². The Kier molecular flexibility index (Phi) is 3.32. The molecule has 1 nitrogen and oxygen atoms in total. The highest BCUT2D eigenvalue weighted by molar-refractivity contribution is 7.19. The van der Waals surface area contributed by atoms with Gasteiger partial charge in [-0.2, -0.15) is 0 Å². The van der Waals surface area contributed by atoms with Gasteiger partial charge in [-0.25, -0.2) is 9.37 Å². The van der Waals surface area contributed by atoms with Crippen LogP contribution in [0.5, 0.6) is 0 Å². The van der Waals surface area contributed by atoms with Gasteiger partial charge in [-0.3, -0.25) is 0 Å². The first-order chi connectivity index (χ1) is 9.24. The van der Waals surface area contributed by atoms with Crippen molar-refractivity contribution in [3.63, 3.8) is 0 Å². The molecule has 19 heavy (non-hydrogen) atoms. The Labute approximate surface area is 119 Å². The summed E-state index contributed by atoms with van der Waals surface area (Å²) in [5, 5.41) is 0. The molecule has 0 atom stereocenters. The number of aromatic nitrogens is 1. The summed E-state index contributed by atoms with van der Waals surface area (Å²) < 4.78 is 13.8. The third kappa shape index (κ3) is 2.53. The third-order valence-corrected chi connectivity index (χ3v) is 3.94. The molecule has 3 rings (SSSR count). The highest BCUT2D eigenvalue weighted by atomic mass is 35.5. The van der Waals surface area contributed by atoms with E-state index in [2.05, 4.69) is 4.98 Å². The molecule has 0 saturated carbocycles. The summed E-state index contributed by atoms with van der Waals surface area (Å²) in [7, 11) is 0. The number of rotatable bonds is 2. The maximum absolute atomic E-state index is 13.3. The largest absolute Gasteiger partial charge is 0.224 e. The SMILES string of the molecule is Fc1cccc(-c2nc(Cl)sc2-c2ccccc2)c1. The normalized spacial score (nSPS) is 10.6. The lowest BCUT2D eigenvalue weighted by Crippen LogP contribution is -1.83. The first kappa shape index (κ1) is 12.3. The molecule has 94 valence electrons. The van der Waals surface area contributed by atoms with Gasteiger partial charge in [0, 0.05) is 5.56 Å². The minimum Gasteiger partial charge on any atom is -0.224 e. The van der Waals surface area contributed by atoms with E-state index in [0.29, 0.717) is 4.47 Å². The molecule has 1 aromatic heterocycles. The molecule has 0 unspecified atom stereocenters. The second-order valence-corrected chi connectivity index (χ2v) is 5.60. The molecule has 0 aliphatic rings. The Bertz CT molecular complexity index is 709. The van der Waals surface area contributed by atoms with Crippen molar-refractivity contribution < 1.29 is 4.39 Å². The zero-order valence-electron chi connectivity index (χ0n) is 9.81. The number of hydrogen-bond acceptors (Lipinski definition) is 2. The van der Waals surface area contributed by atoms with Crippen LogP contribution in [-0.2, 0) is 0 Å². The lowest BCUT2D eigenvalue weighted by molar-refractivity contribution is 0.628. The van der Waals surface area contributed by atoms with E-state index < -0.39 is 0 Å². The molecule has 0 aliphatic carbocycles. The maximum atomic E-state index is 13.3. The van der Waals surface area contributed by atoms with Crippen molar-refractivity contribution in [2.24, 2.45) is 0 Å². The standard InChI is InChI=1S/C15H9ClFNS/c16-15-18-13(11-7-4-8-12(17)9-11)14(19-15)10-5-2-1-3-6-10/h1-9H. The van der Waals surface area contributed by atoms with Gasteiger partial charge in [-0.05, 0) is 17.7 Å². The predicted molar refractivity (Wildman–Crippen MR) is 78.0 cm³/mol. The minimum absolute atomic E-state index is 0.277. The summed E-state index contributed by atoms with van der Waals surface area (Å²) >= 11 is 7.42. The molecule has 0 radical (unpaired) electrons. The Morgan fingerprint density at radius 2 is 1.68 bits per heavy atom. The molecule has 0 bridgehead atoms. The van der Waals surface area contributed by atoms with Crippen LogP contribution in [0.2, 0.25) is 4.47 Å². The number of benzene rings is 2. The molecule has 0 spiro atoms. The molecule has 4 heteroatoms. The smallest absolute Gasteiger partial charge is 0.184 e. The molecule has 0 aliphatic heterocycles. The number of nitrogens with zero attached hydrogens (tertiary/aromatic N) is 1. The quantitative estimate of drug-likeness (QED) is 0.626. The molecule has 3 aromatic rings. The fourth-order valence-corrected chi connectivity index (χ4v) is 3.05. The van der Waals surface area contributed by atoms with E-state index in [1.54, 1.807) is 6.07 Å². The van der Waals surface area contributed by atoms with Crippen molar-refractivity contribution in [3.8, 4) is 21.7 Å². The van der Waals surface area contributed by atoms with Crippen LogP contribution in [0, 0.1) is 5.82 Å². The van der Waals surface area contributed by atoms with Gasteiger partial charge in [0.2, 0.25) is 0 Å². The summed E-state index contributed by atoms with van der Waals surface area (Å²) in [6.07, 6.45) is 0. The molecular weight excluding hydrogens is 281 g/mol. The zero-order chi connectivity index (χ0) is 13.2. The van der Waals surface area contributed by atoms with Gasteiger partial charge in [0.1, 0.15) is 5.82 Å². The Hall–Kier alpha value is -1.71. The summed E-state index contributed by atoms with van der Waals surface area (Å²) in [6, 6.07) is 16.2. The molecule has 0 fully saturated rings. The molecule has 0 N–H and O–H groups in total. The van der Waals surface area contributed by atoms with Crippen LogP contribution in [0.25, 0.3) is 21.7 Å². The summed E-state index contributed by atoms with van der Waals surface area (Å²) in [6.45, 7) is 0. The average molecular weight is 290 g/mol. The Balaban J connectivity index is 2.18. The van der Waals surface area contributed by atoms with E-state index in [4.69, 9.17) is 11.6 Å². The van der Waals surface area contributed by atoms with E-state index >= 15 is 0 Å². The van der Waals surface area contributed by atoms with E-state index in [1.807, 2.05) is 36.4 Å². The summed E-state index contributed by atoms with van der Waals surface area (Å²) in [5.41, 5.74) is 2.49. The van der Waals surface area contributed by atoms with E-state index in [0.717, 1.165) is 21.7 Å².